The van der Waals surface area contributed by atoms with E-state index in [2.05, 4.69) is 13.8 Å². The lowest BCUT2D eigenvalue weighted by Gasteiger charge is -2.28. The summed E-state index contributed by atoms with van der Waals surface area (Å²) in [6, 6.07) is 3.47. The Morgan fingerprint density at radius 1 is 1.22 bits per heavy atom. The Balaban J connectivity index is 2.23. The quantitative estimate of drug-likeness (QED) is 0.853. The first-order valence-electron chi connectivity index (χ1n) is 6.38. The van der Waals surface area contributed by atoms with Crippen molar-refractivity contribution >= 4 is 0 Å². The Bertz CT molecular complexity index is 436. The highest BCUT2D eigenvalue weighted by molar-refractivity contribution is 5.21. The van der Waals surface area contributed by atoms with Gasteiger partial charge in [0.1, 0.15) is 11.6 Å². The van der Waals surface area contributed by atoms with Gasteiger partial charge in [0.05, 0.1) is 5.60 Å². The van der Waals surface area contributed by atoms with Gasteiger partial charge in [-0.2, -0.15) is 0 Å². The van der Waals surface area contributed by atoms with Crippen molar-refractivity contribution in [1.29, 1.82) is 0 Å². The molecule has 0 aromatic heterocycles. The summed E-state index contributed by atoms with van der Waals surface area (Å²) >= 11 is 0. The standard InChI is InChI=1S/C15H20F2O/c1-10-7-14(2,3)9-15(10,18)8-11-4-12(16)6-13(17)5-11/h4-6,10,18H,7-9H2,1-3H3. The van der Waals surface area contributed by atoms with Crippen LogP contribution in [-0.4, -0.2) is 10.7 Å². The maximum atomic E-state index is 13.2. The Kier molecular flexibility index (Phi) is 3.22. The molecule has 1 aliphatic rings. The SMILES string of the molecule is CC1CC(C)(C)CC1(O)Cc1cc(F)cc(F)c1. The van der Waals surface area contributed by atoms with Crippen molar-refractivity contribution in [3.8, 4) is 0 Å². The van der Waals surface area contributed by atoms with Gasteiger partial charge in [-0.15, -0.1) is 0 Å². The summed E-state index contributed by atoms with van der Waals surface area (Å²) in [7, 11) is 0. The molecule has 1 fully saturated rings. The summed E-state index contributed by atoms with van der Waals surface area (Å²) in [6.07, 6.45) is 1.91. The third-order valence-electron chi connectivity index (χ3n) is 3.99. The lowest BCUT2D eigenvalue weighted by atomic mass is 9.84. The minimum absolute atomic E-state index is 0.0834. The van der Waals surface area contributed by atoms with E-state index in [9.17, 15) is 13.9 Å². The predicted molar refractivity (Wildman–Crippen MR) is 67.2 cm³/mol. The molecular formula is C15H20F2O. The second-order valence-electron chi connectivity index (χ2n) is 6.50. The number of aliphatic hydroxyl groups is 1. The summed E-state index contributed by atoms with van der Waals surface area (Å²) in [5.74, 6) is -1.03. The third kappa shape index (κ3) is 2.72. The lowest BCUT2D eigenvalue weighted by Crippen LogP contribution is -2.34. The van der Waals surface area contributed by atoms with Gasteiger partial charge < -0.3 is 5.11 Å². The van der Waals surface area contributed by atoms with Gasteiger partial charge in [0, 0.05) is 12.5 Å². The van der Waals surface area contributed by atoms with Crippen molar-refractivity contribution in [3.63, 3.8) is 0 Å². The van der Waals surface area contributed by atoms with Gasteiger partial charge in [0.15, 0.2) is 0 Å². The van der Waals surface area contributed by atoms with E-state index < -0.39 is 17.2 Å². The Morgan fingerprint density at radius 2 is 1.78 bits per heavy atom. The van der Waals surface area contributed by atoms with Gasteiger partial charge in [0.25, 0.3) is 0 Å². The molecule has 1 aliphatic carbocycles. The maximum absolute atomic E-state index is 13.2. The summed E-state index contributed by atoms with van der Waals surface area (Å²) in [5, 5.41) is 10.7. The molecule has 0 saturated heterocycles. The van der Waals surface area contributed by atoms with Gasteiger partial charge in [-0.05, 0) is 41.9 Å². The van der Waals surface area contributed by atoms with Crippen LogP contribution < -0.4 is 0 Å². The Hall–Kier alpha value is -0.960. The van der Waals surface area contributed by atoms with E-state index in [4.69, 9.17) is 0 Å². The first-order valence-corrected chi connectivity index (χ1v) is 6.38. The molecule has 2 unspecified atom stereocenters. The zero-order chi connectivity index (χ0) is 13.6. The molecule has 0 aliphatic heterocycles. The number of hydrogen-bond donors (Lipinski definition) is 1. The Labute approximate surface area is 107 Å². The number of hydrogen-bond acceptors (Lipinski definition) is 1. The molecule has 2 atom stereocenters. The molecule has 3 heteroatoms. The van der Waals surface area contributed by atoms with Crippen LogP contribution in [0, 0.1) is 23.0 Å². The summed E-state index contributed by atoms with van der Waals surface area (Å²) in [6.45, 7) is 6.24. The molecule has 0 heterocycles. The lowest BCUT2D eigenvalue weighted by molar-refractivity contribution is 0.00436. The second-order valence-corrected chi connectivity index (χ2v) is 6.50. The minimum atomic E-state index is -0.857. The van der Waals surface area contributed by atoms with E-state index in [1.807, 2.05) is 6.92 Å². The van der Waals surface area contributed by atoms with E-state index in [1.54, 1.807) is 0 Å². The summed E-state index contributed by atoms with van der Waals surface area (Å²) in [5.41, 5.74) is -0.247. The van der Waals surface area contributed by atoms with Crippen molar-refractivity contribution in [2.75, 3.05) is 0 Å². The number of halogens is 2. The first kappa shape index (κ1) is 13.5. The largest absolute Gasteiger partial charge is 0.389 e. The van der Waals surface area contributed by atoms with Gasteiger partial charge in [-0.25, -0.2) is 8.78 Å². The molecule has 0 spiro atoms. The molecule has 100 valence electrons. The van der Waals surface area contributed by atoms with Gasteiger partial charge in [-0.1, -0.05) is 20.8 Å². The topological polar surface area (TPSA) is 20.2 Å². The van der Waals surface area contributed by atoms with Crippen molar-refractivity contribution in [1.82, 2.24) is 0 Å². The zero-order valence-electron chi connectivity index (χ0n) is 11.1. The molecule has 1 N–H and O–H groups in total. The molecular weight excluding hydrogens is 234 g/mol. The third-order valence-corrected chi connectivity index (χ3v) is 3.99. The molecule has 1 saturated carbocycles. The van der Waals surface area contributed by atoms with Crippen LogP contribution in [0.3, 0.4) is 0 Å². The van der Waals surface area contributed by atoms with Gasteiger partial charge in [-0.3, -0.25) is 0 Å². The number of rotatable bonds is 2. The minimum Gasteiger partial charge on any atom is -0.389 e. The van der Waals surface area contributed by atoms with E-state index in [0.29, 0.717) is 18.4 Å². The highest BCUT2D eigenvalue weighted by Gasteiger charge is 2.47. The Morgan fingerprint density at radius 3 is 2.22 bits per heavy atom. The molecule has 0 amide bonds. The molecule has 0 radical (unpaired) electrons. The van der Waals surface area contributed by atoms with Gasteiger partial charge >= 0.3 is 0 Å². The smallest absolute Gasteiger partial charge is 0.126 e. The molecule has 1 aromatic rings. The van der Waals surface area contributed by atoms with Crippen LogP contribution in [0.1, 0.15) is 39.2 Å². The van der Waals surface area contributed by atoms with Crippen LogP contribution in [0.25, 0.3) is 0 Å². The number of benzene rings is 1. The summed E-state index contributed by atoms with van der Waals surface area (Å²) < 4.78 is 26.3. The van der Waals surface area contributed by atoms with Crippen molar-refractivity contribution < 1.29 is 13.9 Å². The second kappa shape index (κ2) is 4.30. The predicted octanol–water partition coefficient (Wildman–Crippen LogP) is 3.69. The molecule has 1 aromatic carbocycles. The fourth-order valence-electron chi connectivity index (χ4n) is 3.40. The normalized spacial score (nSPS) is 30.7. The monoisotopic (exact) mass is 254 g/mol. The van der Waals surface area contributed by atoms with Crippen LogP contribution in [0.5, 0.6) is 0 Å². The van der Waals surface area contributed by atoms with Crippen LogP contribution in [0.2, 0.25) is 0 Å². The summed E-state index contributed by atoms with van der Waals surface area (Å²) in [4.78, 5) is 0. The first-order chi connectivity index (χ1) is 8.20. The fourth-order valence-corrected chi connectivity index (χ4v) is 3.40. The zero-order valence-corrected chi connectivity index (χ0v) is 11.1. The van der Waals surface area contributed by atoms with Crippen LogP contribution >= 0.6 is 0 Å². The van der Waals surface area contributed by atoms with E-state index in [0.717, 1.165) is 12.5 Å². The van der Waals surface area contributed by atoms with E-state index in [-0.39, 0.29) is 11.3 Å². The van der Waals surface area contributed by atoms with Crippen molar-refractivity contribution in [2.24, 2.45) is 11.3 Å². The average molecular weight is 254 g/mol. The van der Waals surface area contributed by atoms with Crippen LogP contribution in [0.4, 0.5) is 8.78 Å². The van der Waals surface area contributed by atoms with Crippen molar-refractivity contribution in [3.05, 3.63) is 35.4 Å². The molecule has 0 bridgehead atoms. The fraction of sp³-hybridized carbons (Fsp3) is 0.600. The average Bonchev–Trinajstić information content (AvgIpc) is 2.31. The highest BCUT2D eigenvalue weighted by Crippen LogP contribution is 2.48. The highest BCUT2D eigenvalue weighted by atomic mass is 19.1. The molecule has 2 rings (SSSR count). The van der Waals surface area contributed by atoms with Gasteiger partial charge in [0.2, 0.25) is 0 Å². The van der Waals surface area contributed by atoms with E-state index >= 15 is 0 Å². The van der Waals surface area contributed by atoms with Crippen LogP contribution in [0.15, 0.2) is 18.2 Å². The van der Waals surface area contributed by atoms with Crippen LogP contribution in [-0.2, 0) is 6.42 Å². The van der Waals surface area contributed by atoms with Crippen molar-refractivity contribution in [2.45, 2.75) is 45.6 Å². The molecule has 1 nitrogen and oxygen atoms in total. The maximum Gasteiger partial charge on any atom is 0.126 e. The molecule has 18 heavy (non-hydrogen) atoms. The van der Waals surface area contributed by atoms with E-state index in [1.165, 1.54) is 12.1 Å².